The molecule has 1 heteroatoms. The first-order chi connectivity index (χ1) is 22.0. The van der Waals surface area contributed by atoms with E-state index in [4.69, 9.17) is 5.73 Å². The van der Waals surface area contributed by atoms with Crippen molar-refractivity contribution in [3.8, 4) is 55.6 Å². The molecule has 0 saturated heterocycles. The predicted molar refractivity (Wildman–Crippen MR) is 195 cm³/mol. The summed E-state index contributed by atoms with van der Waals surface area (Å²) in [6.45, 7) is 8.20. The van der Waals surface area contributed by atoms with Gasteiger partial charge >= 0.3 is 0 Å². The van der Waals surface area contributed by atoms with Gasteiger partial charge in [0.2, 0.25) is 0 Å². The molecule has 0 spiro atoms. The van der Waals surface area contributed by atoms with E-state index in [0.717, 1.165) is 22.4 Å². The minimum atomic E-state index is 0.777. The smallest absolute Gasteiger partial charge is 0.00551 e. The van der Waals surface area contributed by atoms with Gasteiger partial charge in [-0.3, -0.25) is 0 Å². The van der Waals surface area contributed by atoms with Crippen molar-refractivity contribution in [1.82, 2.24) is 0 Å². The first-order valence-corrected chi connectivity index (χ1v) is 15.5. The van der Waals surface area contributed by atoms with Crippen LogP contribution in [0, 0.1) is 0 Å². The van der Waals surface area contributed by atoms with E-state index >= 15 is 0 Å². The zero-order chi connectivity index (χ0) is 30.7. The van der Waals surface area contributed by atoms with Crippen LogP contribution in [0.2, 0.25) is 0 Å². The molecular weight excluding hydrogens is 542 g/mol. The van der Waals surface area contributed by atoms with Crippen LogP contribution in [-0.2, 0) is 0 Å². The Morgan fingerprint density at radius 1 is 0.511 bits per heavy atom. The highest BCUT2D eigenvalue weighted by molar-refractivity contribution is 6.28. The van der Waals surface area contributed by atoms with Crippen LogP contribution in [-0.4, -0.2) is 0 Å². The molecule has 7 aromatic carbocycles. The van der Waals surface area contributed by atoms with Gasteiger partial charge in [0, 0.05) is 5.70 Å². The molecule has 0 bridgehead atoms. The van der Waals surface area contributed by atoms with E-state index in [-0.39, 0.29) is 0 Å². The maximum absolute atomic E-state index is 6.17. The highest BCUT2D eigenvalue weighted by atomic mass is 14.5. The molecule has 1 nitrogen and oxygen atoms in total. The van der Waals surface area contributed by atoms with Gasteiger partial charge in [-0.15, -0.1) is 0 Å². The maximum Gasteiger partial charge on any atom is 0.00551 e. The Morgan fingerprint density at radius 2 is 1.04 bits per heavy atom. The first kappa shape index (κ1) is 26.9. The molecule has 0 fully saturated rings. The van der Waals surface area contributed by atoms with E-state index in [0.29, 0.717) is 0 Å². The van der Waals surface area contributed by atoms with Crippen LogP contribution in [0.1, 0.15) is 25.0 Å². The van der Waals surface area contributed by atoms with Crippen molar-refractivity contribution >= 4 is 33.2 Å². The Hall–Kier alpha value is -5.66. The van der Waals surface area contributed by atoms with Crippen LogP contribution < -0.4 is 5.73 Å². The Balaban J connectivity index is 1.49. The van der Waals surface area contributed by atoms with Gasteiger partial charge in [-0.1, -0.05) is 140 Å². The van der Waals surface area contributed by atoms with Gasteiger partial charge in [-0.05, 0) is 114 Å². The first-order valence-electron chi connectivity index (χ1n) is 15.5. The molecule has 0 atom stereocenters. The van der Waals surface area contributed by atoms with Crippen LogP contribution in [0.25, 0.3) is 88.8 Å². The molecule has 0 unspecified atom stereocenters. The summed E-state index contributed by atoms with van der Waals surface area (Å²) in [5.41, 5.74) is 22.8. The molecule has 0 saturated carbocycles. The largest absolute Gasteiger partial charge is 0.402 e. The summed E-state index contributed by atoms with van der Waals surface area (Å²) >= 11 is 0. The summed E-state index contributed by atoms with van der Waals surface area (Å²) in [7, 11) is 0. The fourth-order valence-electron chi connectivity index (χ4n) is 7.35. The van der Waals surface area contributed by atoms with Crippen LogP contribution in [0.3, 0.4) is 0 Å². The van der Waals surface area contributed by atoms with Gasteiger partial charge in [-0.25, -0.2) is 0 Å². The van der Waals surface area contributed by atoms with E-state index in [9.17, 15) is 0 Å². The second kappa shape index (κ2) is 10.5. The zero-order valence-electron chi connectivity index (χ0n) is 25.6. The monoisotopic (exact) mass is 575 g/mol. The van der Waals surface area contributed by atoms with Gasteiger partial charge in [0.15, 0.2) is 0 Å². The van der Waals surface area contributed by atoms with E-state index in [1.54, 1.807) is 0 Å². The van der Waals surface area contributed by atoms with Crippen molar-refractivity contribution in [3.63, 3.8) is 0 Å². The molecule has 1 aliphatic rings. The van der Waals surface area contributed by atoms with Crippen molar-refractivity contribution in [3.05, 3.63) is 157 Å². The lowest BCUT2D eigenvalue weighted by atomic mass is 9.82. The molecule has 1 aliphatic carbocycles. The second-order valence-corrected chi connectivity index (χ2v) is 12.1. The van der Waals surface area contributed by atoms with E-state index in [2.05, 4.69) is 140 Å². The third-order valence-electron chi connectivity index (χ3n) is 9.13. The number of fused-ring (bicyclic) bond motifs is 4. The molecule has 8 rings (SSSR count). The van der Waals surface area contributed by atoms with E-state index in [1.807, 2.05) is 19.9 Å². The lowest BCUT2D eigenvalue weighted by molar-refractivity contribution is 1.34. The number of allylic oxidation sites excluding steroid dienone is 2. The quantitative estimate of drug-likeness (QED) is 0.217. The maximum atomic E-state index is 6.17. The predicted octanol–water partition coefficient (Wildman–Crippen LogP) is 12.0. The van der Waals surface area contributed by atoms with Gasteiger partial charge in [-0.2, -0.15) is 0 Å². The Bertz CT molecular complexity index is 2240. The zero-order valence-corrected chi connectivity index (χ0v) is 25.6. The minimum absolute atomic E-state index is 0.777. The molecule has 0 aromatic heterocycles. The van der Waals surface area contributed by atoms with Crippen molar-refractivity contribution in [2.24, 2.45) is 5.73 Å². The van der Waals surface area contributed by atoms with Crippen LogP contribution in [0.4, 0.5) is 0 Å². The van der Waals surface area contributed by atoms with Crippen molar-refractivity contribution in [2.75, 3.05) is 0 Å². The Morgan fingerprint density at radius 3 is 1.62 bits per heavy atom. The molecule has 45 heavy (non-hydrogen) atoms. The highest BCUT2D eigenvalue weighted by Crippen LogP contribution is 2.58. The molecule has 0 aliphatic heterocycles. The summed E-state index contributed by atoms with van der Waals surface area (Å²) in [6, 6.07) is 48.8. The van der Waals surface area contributed by atoms with Crippen LogP contribution >= 0.6 is 0 Å². The Kier molecular flexibility index (Phi) is 6.29. The summed E-state index contributed by atoms with van der Waals surface area (Å²) in [4.78, 5) is 0. The van der Waals surface area contributed by atoms with E-state index in [1.165, 1.54) is 77.2 Å². The molecular formula is C44H33N. The van der Waals surface area contributed by atoms with Gasteiger partial charge in [0.25, 0.3) is 0 Å². The Labute approximate surface area is 264 Å². The van der Waals surface area contributed by atoms with Crippen LogP contribution in [0.15, 0.2) is 146 Å². The third-order valence-corrected chi connectivity index (χ3v) is 9.13. The summed E-state index contributed by atoms with van der Waals surface area (Å²) in [5.74, 6) is 0. The fraction of sp³-hybridized carbons (Fsp3) is 0.0455. The van der Waals surface area contributed by atoms with Gasteiger partial charge < -0.3 is 5.73 Å². The fourth-order valence-corrected chi connectivity index (χ4v) is 7.35. The average molecular weight is 576 g/mol. The summed E-state index contributed by atoms with van der Waals surface area (Å²) in [6.07, 6.45) is 2.05. The number of hydrogen-bond donors (Lipinski definition) is 1. The summed E-state index contributed by atoms with van der Waals surface area (Å²) < 4.78 is 0. The van der Waals surface area contributed by atoms with Crippen molar-refractivity contribution in [1.29, 1.82) is 0 Å². The third kappa shape index (κ3) is 4.24. The molecule has 0 heterocycles. The topological polar surface area (TPSA) is 26.0 Å². The molecule has 2 N–H and O–H groups in total. The van der Waals surface area contributed by atoms with Crippen LogP contribution in [0.5, 0.6) is 0 Å². The van der Waals surface area contributed by atoms with Crippen molar-refractivity contribution < 1.29 is 0 Å². The minimum Gasteiger partial charge on any atom is -0.402 e. The summed E-state index contributed by atoms with van der Waals surface area (Å²) in [5, 5.41) is 5.11. The van der Waals surface area contributed by atoms with Gasteiger partial charge in [0.1, 0.15) is 0 Å². The number of hydrogen-bond acceptors (Lipinski definition) is 1. The number of nitrogens with two attached hydrogens (primary N) is 1. The lowest BCUT2D eigenvalue weighted by Crippen LogP contribution is -1.94. The standard InChI is InChI=1S/C44H33N/c1-27(2)33-22-21-31(26-32(33)25-28(3)45)34-23-24-39-42-35(34)19-12-20-38(42)43-40(29-13-6-4-7-14-29)36-17-10-11-18-37(36)41(44(39)43)30-15-8-5-9-16-30/h4-26H,1,45H2,2-3H3/b28-25-. The molecule has 0 radical (unpaired) electrons. The number of rotatable bonds is 5. The molecule has 7 aromatic rings. The van der Waals surface area contributed by atoms with E-state index < -0.39 is 0 Å². The number of benzene rings is 7. The molecule has 0 amide bonds. The van der Waals surface area contributed by atoms with Crippen molar-refractivity contribution in [2.45, 2.75) is 13.8 Å². The highest BCUT2D eigenvalue weighted by Gasteiger charge is 2.31. The average Bonchev–Trinajstić information content (AvgIpc) is 3.39. The van der Waals surface area contributed by atoms with Gasteiger partial charge in [0.05, 0.1) is 0 Å². The lowest BCUT2D eigenvalue weighted by Gasteiger charge is -2.20. The SMILES string of the molecule is C=C(C)c1ccc(-c2ccc3c4c(cccc24)-c2c-3c(-c3ccccc3)c3ccccc3c2-c2ccccc2)cc1/C=C(/C)N. The molecule has 214 valence electrons. The second-order valence-electron chi connectivity index (χ2n) is 12.1. The normalized spacial score (nSPS) is 12.1.